The highest BCUT2D eigenvalue weighted by Crippen LogP contribution is 2.32. The van der Waals surface area contributed by atoms with Crippen LogP contribution in [0.5, 0.6) is 0 Å². The standard InChI is InChI=1S/C18H26F4N4/c1-3-23-17(24-10-13-7-8-26(4-2)12-13)25-11-14-5-6-15(19)9-16(14)18(20,21)22/h5-6,9,13H,3-4,7-8,10-12H2,1-2H3,(H2,23,24,25). The molecular weight excluding hydrogens is 348 g/mol. The number of nitrogens with one attached hydrogen (secondary N) is 2. The van der Waals surface area contributed by atoms with E-state index in [0.717, 1.165) is 44.7 Å². The van der Waals surface area contributed by atoms with Crippen LogP contribution in [0.15, 0.2) is 23.2 Å². The van der Waals surface area contributed by atoms with Crippen molar-refractivity contribution in [2.75, 3.05) is 32.7 Å². The summed E-state index contributed by atoms with van der Waals surface area (Å²) >= 11 is 0. The maximum Gasteiger partial charge on any atom is 0.416 e. The summed E-state index contributed by atoms with van der Waals surface area (Å²) in [5.74, 6) is 0.0621. The van der Waals surface area contributed by atoms with Gasteiger partial charge < -0.3 is 15.5 Å². The molecule has 0 aliphatic carbocycles. The normalized spacial score (nSPS) is 19.0. The molecule has 2 rings (SSSR count). The van der Waals surface area contributed by atoms with Gasteiger partial charge in [0.25, 0.3) is 0 Å². The molecule has 1 aromatic rings. The summed E-state index contributed by atoms with van der Waals surface area (Å²) in [5, 5.41) is 6.25. The van der Waals surface area contributed by atoms with Gasteiger partial charge >= 0.3 is 6.18 Å². The number of alkyl halides is 3. The van der Waals surface area contributed by atoms with E-state index >= 15 is 0 Å². The van der Waals surface area contributed by atoms with E-state index in [-0.39, 0.29) is 12.1 Å². The van der Waals surface area contributed by atoms with Gasteiger partial charge in [0.15, 0.2) is 5.96 Å². The molecule has 0 saturated carbocycles. The first kappa shape index (κ1) is 20.5. The first-order chi connectivity index (χ1) is 12.3. The number of guanidine groups is 1. The highest BCUT2D eigenvalue weighted by Gasteiger charge is 2.33. The number of benzene rings is 1. The number of hydrogen-bond acceptors (Lipinski definition) is 2. The van der Waals surface area contributed by atoms with Crippen molar-refractivity contribution >= 4 is 5.96 Å². The molecule has 0 aromatic heterocycles. The maximum atomic E-state index is 13.2. The van der Waals surface area contributed by atoms with E-state index in [9.17, 15) is 17.6 Å². The molecule has 0 radical (unpaired) electrons. The highest BCUT2D eigenvalue weighted by molar-refractivity contribution is 5.79. The first-order valence-electron chi connectivity index (χ1n) is 8.93. The second-order valence-corrected chi connectivity index (χ2v) is 6.42. The van der Waals surface area contributed by atoms with Gasteiger partial charge in [-0.15, -0.1) is 0 Å². The Morgan fingerprint density at radius 3 is 2.65 bits per heavy atom. The SMILES string of the molecule is CCNC(=NCc1ccc(F)cc1C(F)(F)F)NCC1CCN(CC)C1. The van der Waals surface area contributed by atoms with Gasteiger partial charge in [-0.2, -0.15) is 13.2 Å². The topological polar surface area (TPSA) is 39.7 Å². The molecule has 0 amide bonds. The lowest BCUT2D eigenvalue weighted by atomic mass is 10.1. The number of halogens is 4. The molecule has 2 N–H and O–H groups in total. The van der Waals surface area contributed by atoms with Crippen molar-refractivity contribution in [2.24, 2.45) is 10.9 Å². The fourth-order valence-corrected chi connectivity index (χ4v) is 3.06. The van der Waals surface area contributed by atoms with Gasteiger partial charge in [0.2, 0.25) is 0 Å². The number of rotatable bonds is 6. The molecule has 146 valence electrons. The summed E-state index contributed by atoms with van der Waals surface area (Å²) in [6.45, 7) is 8.28. The van der Waals surface area contributed by atoms with Crippen molar-refractivity contribution in [3.63, 3.8) is 0 Å². The van der Waals surface area contributed by atoms with E-state index in [2.05, 4.69) is 27.4 Å². The minimum atomic E-state index is -4.60. The Morgan fingerprint density at radius 1 is 1.27 bits per heavy atom. The Kier molecular flexibility index (Phi) is 7.25. The van der Waals surface area contributed by atoms with Crippen LogP contribution in [0.4, 0.5) is 17.6 Å². The predicted octanol–water partition coefficient (Wildman–Crippen LogP) is 3.24. The van der Waals surface area contributed by atoms with E-state index in [1.807, 2.05) is 6.92 Å². The maximum absolute atomic E-state index is 13.2. The largest absolute Gasteiger partial charge is 0.416 e. The third kappa shape index (κ3) is 5.86. The monoisotopic (exact) mass is 374 g/mol. The summed E-state index contributed by atoms with van der Waals surface area (Å²) < 4.78 is 52.4. The zero-order valence-electron chi connectivity index (χ0n) is 15.2. The van der Waals surface area contributed by atoms with E-state index in [0.29, 0.717) is 24.5 Å². The lowest BCUT2D eigenvalue weighted by molar-refractivity contribution is -0.138. The Hall–Kier alpha value is -1.83. The van der Waals surface area contributed by atoms with Crippen molar-refractivity contribution in [1.29, 1.82) is 0 Å². The van der Waals surface area contributed by atoms with Gasteiger partial charge in [-0.25, -0.2) is 9.38 Å². The van der Waals surface area contributed by atoms with Gasteiger partial charge in [0.1, 0.15) is 5.82 Å². The zero-order chi connectivity index (χ0) is 19.2. The second-order valence-electron chi connectivity index (χ2n) is 6.42. The fourth-order valence-electron chi connectivity index (χ4n) is 3.06. The van der Waals surface area contributed by atoms with Crippen LogP contribution in [-0.4, -0.2) is 43.6 Å². The van der Waals surface area contributed by atoms with Crippen molar-refractivity contribution in [3.8, 4) is 0 Å². The predicted molar refractivity (Wildman–Crippen MR) is 94.4 cm³/mol. The quantitative estimate of drug-likeness (QED) is 0.456. The van der Waals surface area contributed by atoms with Crippen molar-refractivity contribution in [3.05, 3.63) is 35.1 Å². The molecule has 1 fully saturated rings. The minimum Gasteiger partial charge on any atom is -0.357 e. The molecule has 1 aromatic carbocycles. The van der Waals surface area contributed by atoms with Crippen LogP contribution in [0.25, 0.3) is 0 Å². The first-order valence-corrected chi connectivity index (χ1v) is 8.93. The van der Waals surface area contributed by atoms with E-state index in [1.54, 1.807) is 0 Å². The van der Waals surface area contributed by atoms with Gasteiger partial charge in [-0.3, -0.25) is 0 Å². The van der Waals surface area contributed by atoms with Crippen LogP contribution in [0.3, 0.4) is 0 Å². The van der Waals surface area contributed by atoms with Crippen LogP contribution in [-0.2, 0) is 12.7 Å². The Labute approximate surface area is 151 Å². The summed E-state index contributed by atoms with van der Waals surface area (Å²) in [4.78, 5) is 6.61. The number of likely N-dealkylation sites (tertiary alicyclic amines) is 1. The highest BCUT2D eigenvalue weighted by atomic mass is 19.4. The lowest BCUT2D eigenvalue weighted by Gasteiger charge is -2.17. The molecule has 1 atom stereocenters. The molecule has 0 bridgehead atoms. The summed E-state index contributed by atoms with van der Waals surface area (Å²) in [7, 11) is 0. The van der Waals surface area contributed by atoms with E-state index in [1.165, 1.54) is 0 Å². The summed E-state index contributed by atoms with van der Waals surface area (Å²) in [6.07, 6.45) is -3.51. The summed E-state index contributed by atoms with van der Waals surface area (Å²) in [5.41, 5.74) is -1.03. The average Bonchev–Trinajstić information content (AvgIpc) is 3.05. The summed E-state index contributed by atoms with van der Waals surface area (Å²) in [6, 6.07) is 2.68. The van der Waals surface area contributed by atoms with Crippen molar-refractivity contribution in [2.45, 2.75) is 33.0 Å². The molecule has 1 aliphatic rings. The molecule has 8 heteroatoms. The molecule has 1 saturated heterocycles. The van der Waals surface area contributed by atoms with Gasteiger partial charge in [0, 0.05) is 19.6 Å². The van der Waals surface area contributed by atoms with Gasteiger partial charge in [0.05, 0.1) is 12.1 Å². The number of nitrogens with zero attached hydrogens (tertiary/aromatic N) is 2. The van der Waals surface area contributed by atoms with Crippen LogP contribution < -0.4 is 10.6 Å². The lowest BCUT2D eigenvalue weighted by Crippen LogP contribution is -2.40. The zero-order valence-corrected chi connectivity index (χ0v) is 15.2. The van der Waals surface area contributed by atoms with E-state index in [4.69, 9.17) is 0 Å². The smallest absolute Gasteiger partial charge is 0.357 e. The third-order valence-corrected chi connectivity index (χ3v) is 4.50. The van der Waals surface area contributed by atoms with Crippen molar-refractivity contribution < 1.29 is 17.6 Å². The molecule has 4 nitrogen and oxygen atoms in total. The average molecular weight is 374 g/mol. The minimum absolute atomic E-state index is 0.0471. The van der Waals surface area contributed by atoms with Crippen molar-refractivity contribution in [1.82, 2.24) is 15.5 Å². The number of aliphatic imine (C=N–C) groups is 1. The molecule has 0 spiro atoms. The van der Waals surface area contributed by atoms with Crippen LogP contribution in [0.2, 0.25) is 0 Å². The van der Waals surface area contributed by atoms with E-state index < -0.39 is 17.6 Å². The number of hydrogen-bond donors (Lipinski definition) is 2. The molecule has 26 heavy (non-hydrogen) atoms. The van der Waals surface area contributed by atoms with Gasteiger partial charge in [-0.1, -0.05) is 13.0 Å². The van der Waals surface area contributed by atoms with Crippen LogP contribution in [0.1, 0.15) is 31.4 Å². The Bertz CT molecular complexity index is 616. The van der Waals surface area contributed by atoms with Crippen LogP contribution in [0, 0.1) is 11.7 Å². The molecule has 1 heterocycles. The third-order valence-electron chi connectivity index (χ3n) is 4.50. The second kappa shape index (κ2) is 9.21. The molecule has 1 aliphatic heterocycles. The Balaban J connectivity index is 2.03. The fraction of sp³-hybridized carbons (Fsp3) is 0.611. The molecular formula is C18H26F4N4. The van der Waals surface area contributed by atoms with Crippen LogP contribution >= 0.6 is 0 Å². The van der Waals surface area contributed by atoms with Gasteiger partial charge in [-0.05, 0) is 50.0 Å². The Morgan fingerprint density at radius 2 is 2.04 bits per heavy atom. The molecule has 1 unspecified atom stereocenters.